The van der Waals surface area contributed by atoms with Gasteiger partial charge in [-0.05, 0) is 26.3 Å². The number of nitrogens with zero attached hydrogens (tertiary/aromatic N) is 2. The van der Waals surface area contributed by atoms with Crippen LogP contribution in [0.15, 0.2) is 10.2 Å². The molecule has 1 saturated heterocycles. The maximum Gasteiger partial charge on any atom is 0.307 e. The second-order valence-corrected chi connectivity index (χ2v) is 5.21. The lowest BCUT2D eigenvalue weighted by molar-refractivity contribution is 0.0688. The first-order valence-electron chi connectivity index (χ1n) is 5.72. The topological polar surface area (TPSA) is 45.5 Å². The summed E-state index contributed by atoms with van der Waals surface area (Å²) in [5.74, 6) is 0. The van der Waals surface area contributed by atoms with E-state index in [0.29, 0.717) is 0 Å². The van der Waals surface area contributed by atoms with E-state index in [4.69, 9.17) is 0 Å². The van der Waals surface area contributed by atoms with E-state index < -0.39 is 0 Å². The SMILES string of the molecule is Cc1csc(=O)n1CCN1CCCC(O)C1. The molecule has 1 unspecified atom stereocenters. The standard InChI is InChI=1S/C11H18N2O2S/c1-9-8-16-11(15)13(9)6-5-12-4-2-3-10(14)7-12/h8,10,14H,2-7H2,1H3. The van der Waals surface area contributed by atoms with Gasteiger partial charge in [0.25, 0.3) is 0 Å². The number of rotatable bonds is 3. The summed E-state index contributed by atoms with van der Waals surface area (Å²) >= 11 is 1.26. The highest BCUT2D eigenvalue weighted by Crippen LogP contribution is 2.09. The number of β-amino-alcohol motifs (C(OH)–C–C–N with tert-alkyl or cyclic N) is 1. The Labute approximate surface area is 99.1 Å². The number of aliphatic hydroxyl groups excluding tert-OH is 1. The molecular weight excluding hydrogens is 224 g/mol. The first-order chi connectivity index (χ1) is 7.66. The van der Waals surface area contributed by atoms with Gasteiger partial charge in [-0.3, -0.25) is 9.69 Å². The molecule has 0 spiro atoms. The molecule has 0 saturated carbocycles. The zero-order valence-electron chi connectivity index (χ0n) is 9.56. The van der Waals surface area contributed by atoms with Gasteiger partial charge in [0.05, 0.1) is 6.10 Å². The molecule has 1 aliphatic rings. The number of thiazole rings is 1. The van der Waals surface area contributed by atoms with Gasteiger partial charge in [-0.1, -0.05) is 11.3 Å². The van der Waals surface area contributed by atoms with Crippen molar-refractivity contribution in [1.82, 2.24) is 9.47 Å². The lowest BCUT2D eigenvalue weighted by Gasteiger charge is -2.29. The number of aromatic nitrogens is 1. The van der Waals surface area contributed by atoms with Crippen molar-refractivity contribution < 1.29 is 5.11 Å². The largest absolute Gasteiger partial charge is 0.392 e. The summed E-state index contributed by atoms with van der Waals surface area (Å²) in [6.07, 6.45) is 1.78. The van der Waals surface area contributed by atoms with E-state index in [-0.39, 0.29) is 11.0 Å². The molecule has 1 aliphatic heterocycles. The summed E-state index contributed by atoms with van der Waals surface area (Å²) in [6, 6.07) is 0. The van der Waals surface area contributed by atoms with Gasteiger partial charge >= 0.3 is 4.87 Å². The molecule has 1 N–H and O–H groups in total. The zero-order valence-corrected chi connectivity index (χ0v) is 10.4. The Morgan fingerprint density at radius 3 is 3.00 bits per heavy atom. The number of hydrogen-bond acceptors (Lipinski definition) is 4. The number of aliphatic hydroxyl groups is 1. The molecular formula is C11H18N2O2S. The molecule has 1 fully saturated rings. The fraction of sp³-hybridized carbons (Fsp3) is 0.727. The Morgan fingerprint density at radius 1 is 1.56 bits per heavy atom. The van der Waals surface area contributed by atoms with Crippen LogP contribution >= 0.6 is 11.3 Å². The van der Waals surface area contributed by atoms with Crippen molar-refractivity contribution in [2.75, 3.05) is 19.6 Å². The second-order valence-electron chi connectivity index (χ2n) is 4.39. The minimum Gasteiger partial charge on any atom is -0.392 e. The van der Waals surface area contributed by atoms with E-state index in [2.05, 4.69) is 4.90 Å². The third-order valence-corrected chi connectivity index (χ3v) is 3.98. The van der Waals surface area contributed by atoms with E-state index in [9.17, 15) is 9.90 Å². The average Bonchev–Trinajstić information content (AvgIpc) is 2.56. The summed E-state index contributed by atoms with van der Waals surface area (Å²) in [5, 5.41) is 11.4. The average molecular weight is 242 g/mol. The minimum atomic E-state index is -0.186. The van der Waals surface area contributed by atoms with Gasteiger partial charge in [-0.15, -0.1) is 0 Å². The molecule has 4 nitrogen and oxygen atoms in total. The van der Waals surface area contributed by atoms with Crippen molar-refractivity contribution >= 4 is 11.3 Å². The fourth-order valence-electron chi connectivity index (χ4n) is 2.15. The highest BCUT2D eigenvalue weighted by molar-refractivity contribution is 7.07. The van der Waals surface area contributed by atoms with Crippen LogP contribution in [0.3, 0.4) is 0 Å². The molecule has 1 atom stereocenters. The van der Waals surface area contributed by atoms with Crippen molar-refractivity contribution in [1.29, 1.82) is 0 Å². The molecule has 1 aromatic heterocycles. The Hall–Kier alpha value is -0.650. The Balaban J connectivity index is 1.90. The zero-order chi connectivity index (χ0) is 11.5. The quantitative estimate of drug-likeness (QED) is 0.847. The Morgan fingerprint density at radius 2 is 2.38 bits per heavy atom. The van der Waals surface area contributed by atoms with Gasteiger partial charge < -0.3 is 9.67 Å². The van der Waals surface area contributed by atoms with Crippen LogP contribution in [-0.2, 0) is 6.54 Å². The van der Waals surface area contributed by atoms with Crippen molar-refractivity contribution in [3.63, 3.8) is 0 Å². The van der Waals surface area contributed by atoms with Gasteiger partial charge in [0.1, 0.15) is 0 Å². The lowest BCUT2D eigenvalue weighted by Crippen LogP contribution is -2.40. The molecule has 0 aromatic carbocycles. The Bertz CT molecular complexity index is 399. The van der Waals surface area contributed by atoms with Crippen molar-refractivity contribution in [3.8, 4) is 0 Å². The summed E-state index contributed by atoms with van der Waals surface area (Å²) in [6.45, 7) is 5.34. The van der Waals surface area contributed by atoms with Gasteiger partial charge in [-0.25, -0.2) is 0 Å². The predicted molar refractivity (Wildman–Crippen MR) is 65.0 cm³/mol. The van der Waals surface area contributed by atoms with Crippen LogP contribution < -0.4 is 4.87 Å². The third-order valence-electron chi connectivity index (χ3n) is 3.10. The monoisotopic (exact) mass is 242 g/mol. The molecule has 0 radical (unpaired) electrons. The van der Waals surface area contributed by atoms with E-state index in [1.807, 2.05) is 16.9 Å². The van der Waals surface area contributed by atoms with Gasteiger partial charge in [-0.2, -0.15) is 0 Å². The van der Waals surface area contributed by atoms with Crippen LogP contribution in [0, 0.1) is 6.92 Å². The first kappa shape index (κ1) is 11.8. The number of piperidine rings is 1. The van der Waals surface area contributed by atoms with Gasteiger partial charge in [0.15, 0.2) is 0 Å². The molecule has 16 heavy (non-hydrogen) atoms. The molecule has 0 aliphatic carbocycles. The smallest absolute Gasteiger partial charge is 0.307 e. The van der Waals surface area contributed by atoms with Gasteiger partial charge in [0, 0.05) is 30.7 Å². The Kier molecular flexibility index (Phi) is 3.78. The highest BCUT2D eigenvalue weighted by Gasteiger charge is 2.17. The maximum atomic E-state index is 11.5. The summed E-state index contributed by atoms with van der Waals surface area (Å²) < 4.78 is 1.81. The maximum absolute atomic E-state index is 11.5. The van der Waals surface area contributed by atoms with Crippen LogP contribution in [-0.4, -0.2) is 40.3 Å². The minimum absolute atomic E-state index is 0.120. The first-order valence-corrected chi connectivity index (χ1v) is 6.60. The predicted octanol–water partition coefficient (Wildman–Crippen LogP) is 0.675. The van der Waals surface area contributed by atoms with E-state index in [1.165, 1.54) is 11.3 Å². The van der Waals surface area contributed by atoms with Gasteiger partial charge in [0.2, 0.25) is 0 Å². The second kappa shape index (κ2) is 5.12. The highest BCUT2D eigenvalue weighted by atomic mass is 32.1. The van der Waals surface area contributed by atoms with E-state index in [0.717, 1.165) is 44.7 Å². The van der Waals surface area contributed by atoms with Crippen LogP contribution in [0.1, 0.15) is 18.5 Å². The normalized spacial score (nSPS) is 22.5. The molecule has 0 amide bonds. The van der Waals surface area contributed by atoms with Crippen LogP contribution in [0.25, 0.3) is 0 Å². The molecule has 0 bridgehead atoms. The molecule has 90 valence electrons. The van der Waals surface area contributed by atoms with Crippen molar-refractivity contribution in [2.24, 2.45) is 0 Å². The molecule has 2 rings (SSSR count). The lowest BCUT2D eigenvalue weighted by atomic mass is 10.1. The van der Waals surface area contributed by atoms with Crippen LogP contribution in [0.5, 0.6) is 0 Å². The molecule has 5 heteroatoms. The fourth-order valence-corrected chi connectivity index (χ4v) is 2.91. The summed E-state index contributed by atoms with van der Waals surface area (Å²) in [7, 11) is 0. The van der Waals surface area contributed by atoms with E-state index >= 15 is 0 Å². The van der Waals surface area contributed by atoms with Crippen LogP contribution in [0.2, 0.25) is 0 Å². The number of hydrogen-bond donors (Lipinski definition) is 1. The third kappa shape index (κ3) is 2.72. The number of aryl methyl sites for hydroxylation is 1. The van der Waals surface area contributed by atoms with Crippen LogP contribution in [0.4, 0.5) is 0 Å². The molecule has 1 aromatic rings. The van der Waals surface area contributed by atoms with E-state index in [1.54, 1.807) is 0 Å². The molecule has 2 heterocycles. The summed E-state index contributed by atoms with van der Waals surface area (Å²) in [5.41, 5.74) is 1.03. The van der Waals surface area contributed by atoms with Crippen molar-refractivity contribution in [3.05, 3.63) is 20.7 Å². The summed E-state index contributed by atoms with van der Waals surface area (Å²) in [4.78, 5) is 13.8. The van der Waals surface area contributed by atoms with Crippen molar-refractivity contribution in [2.45, 2.75) is 32.4 Å². The number of likely N-dealkylation sites (tertiary alicyclic amines) is 1.